The van der Waals surface area contributed by atoms with Gasteiger partial charge in [0.2, 0.25) is 0 Å². The Bertz CT molecular complexity index is 644. The zero-order chi connectivity index (χ0) is 22.2. The van der Waals surface area contributed by atoms with Crippen LogP contribution in [-0.4, -0.2) is 43.6 Å². The molecule has 0 saturated carbocycles. The zero-order valence-electron chi connectivity index (χ0n) is 19.2. The van der Waals surface area contributed by atoms with Crippen LogP contribution in [0.1, 0.15) is 84.6 Å². The Balaban J connectivity index is 0.000000571. The molecule has 0 heterocycles. The van der Waals surface area contributed by atoms with E-state index in [4.69, 9.17) is 0 Å². The van der Waals surface area contributed by atoms with Crippen molar-refractivity contribution in [2.45, 2.75) is 84.0 Å². The molecule has 0 radical (unpaired) electrons. The van der Waals surface area contributed by atoms with Crippen LogP contribution in [0.4, 0.5) is 0 Å². The first-order valence-electron chi connectivity index (χ1n) is 11.3. The molecule has 0 saturated heterocycles. The number of hydrogen-bond acceptors (Lipinski definition) is 3. The first-order chi connectivity index (χ1) is 13.8. The molecule has 0 aromatic heterocycles. The zero-order valence-corrected chi connectivity index (χ0v) is 20.0. The molecule has 0 atom stereocenters. The van der Waals surface area contributed by atoms with Gasteiger partial charge in [-0.05, 0) is 45.2 Å². The highest BCUT2D eigenvalue weighted by Gasteiger charge is 2.19. The lowest BCUT2D eigenvalue weighted by Gasteiger charge is -2.35. The molecule has 0 spiro atoms. The number of unbranched alkanes of at least 4 members (excludes halogenated alkanes) is 7. The molecule has 0 unspecified atom stereocenters. The summed E-state index contributed by atoms with van der Waals surface area (Å²) in [4.78, 5) is -0.222. The fourth-order valence-corrected chi connectivity index (χ4v) is 4.29. The molecule has 0 N–H and O–H groups in total. The minimum atomic E-state index is -4.37. The van der Waals surface area contributed by atoms with E-state index in [9.17, 15) is 13.0 Å². The van der Waals surface area contributed by atoms with Crippen molar-refractivity contribution >= 4 is 16.2 Å². The summed E-state index contributed by atoms with van der Waals surface area (Å²) in [6.07, 6.45) is 12.9. The Kier molecular flexibility index (Phi) is 15.0. The maximum Gasteiger partial charge on any atom is 0.125 e. The summed E-state index contributed by atoms with van der Waals surface area (Å²) in [7, 11) is -4.37. The summed E-state index contributed by atoms with van der Waals surface area (Å²) >= 11 is 0. The van der Waals surface area contributed by atoms with Crippen molar-refractivity contribution in [2.24, 2.45) is 0 Å². The van der Waals surface area contributed by atoms with Crippen molar-refractivity contribution in [1.29, 1.82) is 0 Å². The Morgan fingerprint density at radius 2 is 1.34 bits per heavy atom. The monoisotopic (exact) mass is 425 g/mol. The van der Waals surface area contributed by atoms with Crippen LogP contribution in [0.5, 0.6) is 0 Å². The van der Waals surface area contributed by atoms with Gasteiger partial charge in [0.1, 0.15) is 10.1 Å². The largest absolute Gasteiger partial charge is 0.744 e. The van der Waals surface area contributed by atoms with E-state index in [1.54, 1.807) is 6.07 Å². The molecule has 0 aliphatic carbocycles. The van der Waals surface area contributed by atoms with Crippen molar-refractivity contribution in [3.05, 3.63) is 36.4 Å². The van der Waals surface area contributed by atoms with Crippen LogP contribution in [0.15, 0.2) is 35.7 Å². The topological polar surface area (TPSA) is 57.2 Å². The number of nitrogens with zero attached hydrogens (tertiary/aromatic N) is 1. The van der Waals surface area contributed by atoms with Crippen LogP contribution in [-0.2, 0) is 10.1 Å². The molecule has 0 aliphatic rings. The van der Waals surface area contributed by atoms with Crippen molar-refractivity contribution in [3.8, 4) is 0 Å². The van der Waals surface area contributed by atoms with Crippen molar-refractivity contribution < 1.29 is 17.5 Å². The number of quaternary nitrogens is 1. The van der Waals surface area contributed by atoms with Gasteiger partial charge >= 0.3 is 0 Å². The lowest BCUT2D eigenvalue weighted by Crippen LogP contribution is -2.48. The Morgan fingerprint density at radius 3 is 1.76 bits per heavy atom. The van der Waals surface area contributed by atoms with Crippen molar-refractivity contribution in [1.82, 2.24) is 0 Å². The molecule has 0 amide bonds. The first kappa shape index (κ1) is 27.8. The van der Waals surface area contributed by atoms with E-state index < -0.39 is 10.1 Å². The maximum absolute atomic E-state index is 10.6. The third kappa shape index (κ3) is 11.6. The van der Waals surface area contributed by atoms with Gasteiger partial charge < -0.3 is 9.04 Å². The predicted octanol–water partition coefficient (Wildman–Crippen LogP) is 6.24. The number of benzene rings is 1. The Morgan fingerprint density at radius 1 is 0.862 bits per heavy atom. The normalized spacial score (nSPS) is 11.6. The molecular weight excluding hydrogens is 382 g/mol. The molecule has 4 nitrogen and oxygen atoms in total. The second-order valence-electron chi connectivity index (χ2n) is 7.68. The van der Waals surface area contributed by atoms with Gasteiger partial charge in [0.25, 0.3) is 0 Å². The van der Waals surface area contributed by atoms with Gasteiger partial charge in [-0.25, -0.2) is 8.42 Å². The second-order valence-corrected chi connectivity index (χ2v) is 9.03. The van der Waals surface area contributed by atoms with Crippen LogP contribution in [0.3, 0.4) is 0 Å². The van der Waals surface area contributed by atoms with Crippen LogP contribution in [0, 0.1) is 0 Å². The average Bonchev–Trinajstić information content (AvgIpc) is 2.73. The quantitative estimate of drug-likeness (QED) is 0.201. The minimum Gasteiger partial charge on any atom is -0.744 e. The second kappa shape index (κ2) is 15.6. The van der Waals surface area contributed by atoms with E-state index in [0.717, 1.165) is 0 Å². The molecule has 1 aromatic rings. The molecule has 5 heteroatoms. The highest BCUT2D eigenvalue weighted by atomic mass is 32.2. The van der Waals surface area contributed by atoms with Gasteiger partial charge in [0.05, 0.1) is 31.1 Å². The summed E-state index contributed by atoms with van der Waals surface area (Å²) in [5, 5.41) is 0. The van der Waals surface area contributed by atoms with E-state index in [-0.39, 0.29) is 4.90 Å². The van der Waals surface area contributed by atoms with Crippen LogP contribution in [0.25, 0.3) is 6.08 Å². The van der Waals surface area contributed by atoms with Crippen molar-refractivity contribution in [2.75, 3.05) is 26.2 Å². The standard InChI is InChI=1S/C16H36N.C8H8O3S/c1-5-9-10-11-12-13-14-15-16-17(6-2,7-3)8-4;1-2-7-5-3-4-6-8(7)12(9,10)11/h5-16H2,1-4H3;2-6H,1H2,(H,9,10,11)/q+1;/p-1. The summed E-state index contributed by atoms with van der Waals surface area (Å²) < 4.78 is 33.2. The van der Waals surface area contributed by atoms with Gasteiger partial charge in [0, 0.05) is 0 Å². The average molecular weight is 426 g/mol. The molecular formula is C24H43NO3S. The fourth-order valence-electron chi connectivity index (χ4n) is 3.60. The maximum atomic E-state index is 10.6. The Labute approximate surface area is 180 Å². The van der Waals surface area contributed by atoms with E-state index in [1.165, 1.54) is 106 Å². The molecule has 0 aliphatic heterocycles. The highest BCUT2D eigenvalue weighted by Crippen LogP contribution is 2.15. The van der Waals surface area contributed by atoms with Gasteiger partial charge in [-0.15, -0.1) is 0 Å². The third-order valence-corrected chi connectivity index (χ3v) is 6.82. The predicted molar refractivity (Wildman–Crippen MR) is 124 cm³/mol. The first-order valence-corrected chi connectivity index (χ1v) is 12.7. The molecule has 168 valence electrons. The molecule has 0 fully saturated rings. The lowest BCUT2D eigenvalue weighted by molar-refractivity contribution is -0.923. The summed E-state index contributed by atoms with van der Waals surface area (Å²) in [6.45, 7) is 18.1. The number of hydrogen-bond donors (Lipinski definition) is 0. The SMILES string of the molecule is C=Cc1ccccc1S(=O)(=O)[O-].CCCCCCCCCC[N+](CC)(CC)CC. The highest BCUT2D eigenvalue weighted by molar-refractivity contribution is 7.85. The van der Waals surface area contributed by atoms with E-state index in [2.05, 4.69) is 34.3 Å². The smallest absolute Gasteiger partial charge is 0.125 e. The lowest BCUT2D eigenvalue weighted by atomic mass is 10.1. The van der Waals surface area contributed by atoms with Crippen LogP contribution >= 0.6 is 0 Å². The van der Waals surface area contributed by atoms with Gasteiger partial charge in [-0.3, -0.25) is 0 Å². The minimum absolute atomic E-state index is 0.222. The van der Waals surface area contributed by atoms with E-state index in [0.29, 0.717) is 5.56 Å². The van der Waals surface area contributed by atoms with Gasteiger partial charge in [-0.2, -0.15) is 0 Å². The molecule has 0 bridgehead atoms. The van der Waals surface area contributed by atoms with Crippen molar-refractivity contribution in [3.63, 3.8) is 0 Å². The fraction of sp³-hybridized carbons (Fsp3) is 0.667. The van der Waals surface area contributed by atoms with E-state index in [1.807, 2.05) is 0 Å². The molecule has 1 aromatic carbocycles. The molecule has 29 heavy (non-hydrogen) atoms. The van der Waals surface area contributed by atoms with E-state index >= 15 is 0 Å². The summed E-state index contributed by atoms with van der Waals surface area (Å²) in [6, 6.07) is 5.93. The van der Waals surface area contributed by atoms with Gasteiger partial charge in [-0.1, -0.05) is 76.3 Å². The summed E-state index contributed by atoms with van der Waals surface area (Å²) in [5.41, 5.74) is 0.340. The molecule has 1 rings (SSSR count). The Hall–Kier alpha value is -1.17. The van der Waals surface area contributed by atoms with Crippen LogP contribution in [0.2, 0.25) is 0 Å². The van der Waals surface area contributed by atoms with Gasteiger partial charge in [0.15, 0.2) is 0 Å². The number of rotatable bonds is 14. The van der Waals surface area contributed by atoms with Crippen LogP contribution < -0.4 is 0 Å². The summed E-state index contributed by atoms with van der Waals surface area (Å²) in [5.74, 6) is 0. The third-order valence-electron chi connectivity index (χ3n) is 5.91.